The number of nitrogens with zero attached hydrogens (tertiary/aromatic N) is 2. The van der Waals surface area contributed by atoms with Crippen LogP contribution in [0.4, 0.5) is 5.69 Å². The van der Waals surface area contributed by atoms with Gasteiger partial charge in [-0.3, -0.25) is 0 Å². The molecule has 0 amide bonds. The molecule has 1 aromatic carbocycles. The average Bonchev–Trinajstić information content (AvgIpc) is 2.67. The van der Waals surface area contributed by atoms with Crippen molar-refractivity contribution in [3.63, 3.8) is 0 Å². The molecule has 0 atom stereocenters. The number of hydrogen-bond donors (Lipinski definition) is 1. The second kappa shape index (κ2) is 4.13. The zero-order valence-electron chi connectivity index (χ0n) is 8.60. The Morgan fingerprint density at radius 2 is 2.20 bits per heavy atom. The van der Waals surface area contributed by atoms with Gasteiger partial charge >= 0.3 is 0 Å². The van der Waals surface area contributed by atoms with Crippen LogP contribution < -0.4 is 5.73 Å². The SMILES string of the molecule is CCCc1nnc(-c2cccc(N)c2)o1. The van der Waals surface area contributed by atoms with Crippen molar-refractivity contribution in [1.82, 2.24) is 10.2 Å². The van der Waals surface area contributed by atoms with Crippen LogP contribution in [-0.4, -0.2) is 10.2 Å². The molecule has 0 aliphatic carbocycles. The molecule has 15 heavy (non-hydrogen) atoms. The molecule has 4 nitrogen and oxygen atoms in total. The summed E-state index contributed by atoms with van der Waals surface area (Å²) >= 11 is 0. The van der Waals surface area contributed by atoms with E-state index in [1.165, 1.54) is 0 Å². The average molecular weight is 203 g/mol. The fourth-order valence-corrected chi connectivity index (χ4v) is 1.36. The van der Waals surface area contributed by atoms with Crippen molar-refractivity contribution in [3.8, 4) is 11.5 Å². The molecule has 78 valence electrons. The minimum atomic E-state index is 0.533. The molecule has 4 heteroatoms. The van der Waals surface area contributed by atoms with Crippen LogP contribution in [-0.2, 0) is 6.42 Å². The standard InChI is InChI=1S/C11H13N3O/c1-2-4-10-13-14-11(15-10)8-5-3-6-9(12)7-8/h3,5-7H,2,4,12H2,1H3. The summed E-state index contributed by atoms with van der Waals surface area (Å²) in [5.41, 5.74) is 7.23. The molecule has 0 fully saturated rings. The summed E-state index contributed by atoms with van der Waals surface area (Å²) in [5, 5.41) is 7.93. The second-order valence-corrected chi connectivity index (χ2v) is 3.38. The number of aryl methyl sites for hydroxylation is 1. The molecule has 0 aliphatic heterocycles. The van der Waals surface area contributed by atoms with Gasteiger partial charge in [-0.05, 0) is 24.6 Å². The third-order valence-corrected chi connectivity index (χ3v) is 2.06. The Bertz CT molecular complexity index is 451. The zero-order chi connectivity index (χ0) is 10.7. The topological polar surface area (TPSA) is 64.9 Å². The minimum absolute atomic E-state index is 0.533. The molecule has 0 saturated carbocycles. The summed E-state index contributed by atoms with van der Waals surface area (Å²) < 4.78 is 5.49. The summed E-state index contributed by atoms with van der Waals surface area (Å²) in [6, 6.07) is 7.42. The number of anilines is 1. The molecular weight excluding hydrogens is 190 g/mol. The fraction of sp³-hybridized carbons (Fsp3) is 0.273. The Kier molecular flexibility index (Phi) is 2.67. The van der Waals surface area contributed by atoms with Crippen molar-refractivity contribution >= 4 is 5.69 Å². The van der Waals surface area contributed by atoms with Crippen molar-refractivity contribution in [2.75, 3.05) is 5.73 Å². The van der Waals surface area contributed by atoms with Crippen molar-refractivity contribution in [1.29, 1.82) is 0 Å². The van der Waals surface area contributed by atoms with E-state index in [0.29, 0.717) is 17.5 Å². The van der Waals surface area contributed by atoms with Gasteiger partial charge in [-0.1, -0.05) is 13.0 Å². The first-order valence-electron chi connectivity index (χ1n) is 4.98. The van der Waals surface area contributed by atoms with E-state index in [1.54, 1.807) is 0 Å². The summed E-state index contributed by atoms with van der Waals surface area (Å²) in [7, 11) is 0. The molecule has 0 spiro atoms. The molecule has 1 aromatic heterocycles. The van der Waals surface area contributed by atoms with Gasteiger partial charge in [0.05, 0.1) is 0 Å². The number of nitrogen functional groups attached to an aromatic ring is 1. The maximum atomic E-state index is 5.67. The van der Waals surface area contributed by atoms with Crippen molar-refractivity contribution in [3.05, 3.63) is 30.2 Å². The Labute approximate surface area is 88.1 Å². The first-order chi connectivity index (χ1) is 7.29. The first kappa shape index (κ1) is 9.71. The number of aromatic nitrogens is 2. The van der Waals surface area contributed by atoms with E-state index in [1.807, 2.05) is 24.3 Å². The third-order valence-electron chi connectivity index (χ3n) is 2.06. The number of benzene rings is 1. The van der Waals surface area contributed by atoms with E-state index >= 15 is 0 Å². The summed E-state index contributed by atoms with van der Waals surface area (Å²) in [6.45, 7) is 2.07. The van der Waals surface area contributed by atoms with Crippen molar-refractivity contribution in [2.24, 2.45) is 0 Å². The Morgan fingerprint density at radius 3 is 2.93 bits per heavy atom. The van der Waals surface area contributed by atoms with Gasteiger partial charge in [0.15, 0.2) is 0 Å². The Hall–Kier alpha value is -1.84. The summed E-state index contributed by atoms with van der Waals surface area (Å²) in [6.07, 6.45) is 1.81. The van der Waals surface area contributed by atoms with Gasteiger partial charge in [0.2, 0.25) is 11.8 Å². The highest BCUT2D eigenvalue weighted by molar-refractivity contribution is 5.59. The van der Waals surface area contributed by atoms with Gasteiger partial charge in [-0.25, -0.2) is 0 Å². The first-order valence-corrected chi connectivity index (χ1v) is 4.98. The van der Waals surface area contributed by atoms with E-state index in [0.717, 1.165) is 18.4 Å². The van der Waals surface area contributed by atoms with Crippen LogP contribution in [0.5, 0.6) is 0 Å². The maximum Gasteiger partial charge on any atom is 0.247 e. The predicted octanol–water partition coefficient (Wildman–Crippen LogP) is 2.27. The second-order valence-electron chi connectivity index (χ2n) is 3.38. The van der Waals surface area contributed by atoms with Crippen molar-refractivity contribution < 1.29 is 4.42 Å². The van der Waals surface area contributed by atoms with Gasteiger partial charge < -0.3 is 10.2 Å². The molecule has 2 aromatic rings. The highest BCUT2D eigenvalue weighted by Gasteiger charge is 2.07. The van der Waals surface area contributed by atoms with Gasteiger partial charge in [0.1, 0.15) is 0 Å². The number of rotatable bonds is 3. The summed E-state index contributed by atoms with van der Waals surface area (Å²) in [5.74, 6) is 1.21. The van der Waals surface area contributed by atoms with Crippen LogP contribution in [0.3, 0.4) is 0 Å². The lowest BCUT2D eigenvalue weighted by molar-refractivity contribution is 0.502. The van der Waals surface area contributed by atoms with Crippen molar-refractivity contribution in [2.45, 2.75) is 19.8 Å². The Balaban J connectivity index is 2.29. The highest BCUT2D eigenvalue weighted by atomic mass is 16.4. The highest BCUT2D eigenvalue weighted by Crippen LogP contribution is 2.20. The van der Waals surface area contributed by atoms with Crippen LogP contribution in [0.25, 0.3) is 11.5 Å². The van der Waals surface area contributed by atoms with Crippen LogP contribution >= 0.6 is 0 Å². The predicted molar refractivity (Wildman–Crippen MR) is 58.1 cm³/mol. The number of nitrogens with two attached hydrogens (primary N) is 1. The van der Waals surface area contributed by atoms with Crippen LogP contribution in [0, 0.1) is 0 Å². The maximum absolute atomic E-state index is 5.67. The molecule has 2 rings (SSSR count). The molecular formula is C11H13N3O. The lowest BCUT2D eigenvalue weighted by atomic mass is 10.2. The van der Waals surface area contributed by atoms with E-state index < -0.39 is 0 Å². The lowest BCUT2D eigenvalue weighted by Crippen LogP contribution is -1.84. The van der Waals surface area contributed by atoms with Gasteiger partial charge in [-0.15, -0.1) is 10.2 Å². The lowest BCUT2D eigenvalue weighted by Gasteiger charge is -1.95. The monoisotopic (exact) mass is 203 g/mol. The van der Waals surface area contributed by atoms with Gasteiger partial charge in [0, 0.05) is 17.7 Å². The summed E-state index contributed by atoms with van der Waals surface area (Å²) in [4.78, 5) is 0. The molecule has 0 unspecified atom stereocenters. The van der Waals surface area contributed by atoms with E-state index in [-0.39, 0.29) is 0 Å². The molecule has 2 N–H and O–H groups in total. The largest absolute Gasteiger partial charge is 0.421 e. The molecule has 0 radical (unpaired) electrons. The van der Waals surface area contributed by atoms with Crippen LogP contribution in [0.2, 0.25) is 0 Å². The third kappa shape index (κ3) is 2.15. The van der Waals surface area contributed by atoms with Gasteiger partial charge in [-0.2, -0.15) is 0 Å². The smallest absolute Gasteiger partial charge is 0.247 e. The van der Waals surface area contributed by atoms with Crippen LogP contribution in [0.1, 0.15) is 19.2 Å². The number of hydrogen-bond acceptors (Lipinski definition) is 4. The molecule has 1 heterocycles. The minimum Gasteiger partial charge on any atom is -0.421 e. The van der Waals surface area contributed by atoms with Crippen LogP contribution in [0.15, 0.2) is 28.7 Å². The molecule has 0 aliphatic rings. The quantitative estimate of drug-likeness (QED) is 0.777. The van der Waals surface area contributed by atoms with Gasteiger partial charge in [0.25, 0.3) is 0 Å². The molecule has 0 saturated heterocycles. The van der Waals surface area contributed by atoms with E-state index in [2.05, 4.69) is 17.1 Å². The van der Waals surface area contributed by atoms with E-state index in [4.69, 9.17) is 10.2 Å². The zero-order valence-corrected chi connectivity index (χ0v) is 8.60. The van der Waals surface area contributed by atoms with E-state index in [9.17, 15) is 0 Å². The Morgan fingerprint density at radius 1 is 1.33 bits per heavy atom. The normalized spacial score (nSPS) is 10.5. The fourth-order valence-electron chi connectivity index (χ4n) is 1.36. The molecule has 0 bridgehead atoms.